The Hall–Kier alpha value is -3.09. The van der Waals surface area contributed by atoms with E-state index in [2.05, 4.69) is 5.32 Å². The van der Waals surface area contributed by atoms with Crippen molar-refractivity contribution < 1.29 is 23.5 Å². The average Bonchev–Trinajstić information content (AvgIpc) is 2.91. The van der Waals surface area contributed by atoms with E-state index >= 15 is 0 Å². The van der Waals surface area contributed by atoms with Crippen molar-refractivity contribution in [3.8, 4) is 0 Å². The highest BCUT2D eigenvalue weighted by atomic mass is 16.4. The molecule has 1 amide bonds. The maximum Gasteiger partial charge on any atom is 0.339 e. The summed E-state index contributed by atoms with van der Waals surface area (Å²) in [6.07, 6.45) is 0.121. The molecule has 2 heterocycles. The molecule has 2 aromatic heterocycles. The van der Waals surface area contributed by atoms with Crippen LogP contribution >= 0.6 is 0 Å². The fourth-order valence-corrected chi connectivity index (χ4v) is 3.39. The molecule has 0 saturated carbocycles. The molecule has 0 aliphatic carbocycles. The number of hydrogen-bond donors (Lipinski definition) is 1. The lowest BCUT2D eigenvalue weighted by atomic mass is 9.98. The fourth-order valence-electron chi connectivity index (χ4n) is 3.39. The van der Waals surface area contributed by atoms with Crippen molar-refractivity contribution in [1.82, 2.24) is 5.32 Å². The third-order valence-electron chi connectivity index (χ3n) is 5.28. The third kappa shape index (κ3) is 3.28. The zero-order valence-corrected chi connectivity index (χ0v) is 16.5. The minimum atomic E-state index is -1.36. The van der Waals surface area contributed by atoms with Crippen molar-refractivity contribution in [2.75, 3.05) is 0 Å². The summed E-state index contributed by atoms with van der Waals surface area (Å²) in [7, 11) is 0. The molecule has 0 fully saturated rings. The number of amides is 1. The van der Waals surface area contributed by atoms with Crippen LogP contribution in [-0.2, 0) is 16.0 Å². The van der Waals surface area contributed by atoms with Crippen molar-refractivity contribution in [3.05, 3.63) is 44.5 Å². The Bertz CT molecular complexity index is 1170. The smallest absolute Gasteiger partial charge is 0.339 e. The van der Waals surface area contributed by atoms with Crippen LogP contribution in [0.15, 0.2) is 19.7 Å². The molecule has 7 heteroatoms. The van der Waals surface area contributed by atoms with Crippen molar-refractivity contribution in [1.29, 1.82) is 0 Å². The summed E-state index contributed by atoms with van der Waals surface area (Å²) < 4.78 is 11.4. The molecule has 28 heavy (non-hydrogen) atoms. The highest BCUT2D eigenvalue weighted by Crippen LogP contribution is 2.34. The summed E-state index contributed by atoms with van der Waals surface area (Å²) in [4.78, 5) is 35.2. The molecule has 0 aliphatic rings. The lowest BCUT2D eigenvalue weighted by molar-refractivity contribution is -0.307. The molecule has 0 unspecified atom stereocenters. The Kier molecular flexibility index (Phi) is 5.02. The zero-order chi connectivity index (χ0) is 20.7. The number of aryl methyl sites for hydroxylation is 4. The van der Waals surface area contributed by atoms with Gasteiger partial charge in [0.05, 0.1) is 12.0 Å². The Morgan fingerprint density at radius 1 is 1.04 bits per heavy atom. The SMILES string of the molecule is Cc1oc2c(C)c3oc(=O)c(CCC(=O)N[C@@H](C)C(=O)[O-])c(C)c3cc2c1C. The number of benzene rings is 1. The van der Waals surface area contributed by atoms with Gasteiger partial charge in [-0.1, -0.05) is 0 Å². The number of carbonyl (C=O) groups excluding carboxylic acids is 2. The van der Waals surface area contributed by atoms with Gasteiger partial charge in [0.2, 0.25) is 5.91 Å². The number of furan rings is 1. The molecule has 3 rings (SSSR count). The van der Waals surface area contributed by atoms with Crippen molar-refractivity contribution in [3.63, 3.8) is 0 Å². The Labute approximate surface area is 161 Å². The van der Waals surface area contributed by atoms with Gasteiger partial charge >= 0.3 is 5.63 Å². The summed E-state index contributed by atoms with van der Waals surface area (Å²) in [6, 6.07) is 0.855. The second-order valence-corrected chi connectivity index (χ2v) is 7.14. The first kappa shape index (κ1) is 19.7. The summed E-state index contributed by atoms with van der Waals surface area (Å²) in [5, 5.41) is 14.8. The number of carboxylic acid groups (broad SMARTS) is 1. The van der Waals surface area contributed by atoms with Gasteiger partial charge in [0.1, 0.15) is 16.9 Å². The first-order chi connectivity index (χ1) is 13.1. The molecule has 148 valence electrons. The molecular formula is C21H22NO6-. The Morgan fingerprint density at radius 3 is 2.29 bits per heavy atom. The summed E-state index contributed by atoms with van der Waals surface area (Å²) in [6.45, 7) is 8.87. The third-order valence-corrected chi connectivity index (χ3v) is 5.28. The van der Waals surface area contributed by atoms with Crippen LogP contribution in [-0.4, -0.2) is 17.9 Å². The summed E-state index contributed by atoms with van der Waals surface area (Å²) in [5.41, 5.74) is 3.61. The number of aliphatic carboxylic acids is 1. The molecule has 0 saturated heterocycles. The predicted molar refractivity (Wildman–Crippen MR) is 102 cm³/mol. The minimum absolute atomic E-state index is 0.0280. The van der Waals surface area contributed by atoms with Crippen LogP contribution in [0, 0.1) is 27.7 Å². The molecule has 0 bridgehead atoms. The maximum absolute atomic E-state index is 12.5. The topological polar surface area (TPSA) is 113 Å². The van der Waals surface area contributed by atoms with Crippen LogP contribution in [0.5, 0.6) is 0 Å². The van der Waals surface area contributed by atoms with E-state index in [1.807, 2.05) is 33.8 Å². The Morgan fingerprint density at radius 2 is 1.64 bits per heavy atom. The van der Waals surface area contributed by atoms with E-state index in [1.165, 1.54) is 6.92 Å². The van der Waals surface area contributed by atoms with Crippen LogP contribution in [0.3, 0.4) is 0 Å². The quantitative estimate of drug-likeness (QED) is 0.673. The number of fused-ring (bicyclic) bond motifs is 2. The Balaban J connectivity index is 2.01. The van der Waals surface area contributed by atoms with Gasteiger partial charge in [-0.15, -0.1) is 0 Å². The van der Waals surface area contributed by atoms with Crippen LogP contribution in [0.2, 0.25) is 0 Å². The van der Waals surface area contributed by atoms with Crippen LogP contribution < -0.4 is 16.0 Å². The molecule has 1 N–H and O–H groups in total. The van der Waals surface area contributed by atoms with E-state index in [-0.39, 0.29) is 12.8 Å². The first-order valence-corrected chi connectivity index (χ1v) is 9.07. The zero-order valence-electron chi connectivity index (χ0n) is 16.5. The van der Waals surface area contributed by atoms with Crippen molar-refractivity contribution in [2.24, 2.45) is 0 Å². The normalized spacial score (nSPS) is 12.5. The minimum Gasteiger partial charge on any atom is -0.548 e. The number of carbonyl (C=O) groups is 2. The average molecular weight is 384 g/mol. The molecule has 3 aromatic rings. The largest absolute Gasteiger partial charge is 0.548 e. The van der Waals surface area contributed by atoms with Gasteiger partial charge in [-0.2, -0.15) is 0 Å². The van der Waals surface area contributed by atoms with E-state index in [0.29, 0.717) is 16.7 Å². The van der Waals surface area contributed by atoms with Crippen LogP contribution in [0.4, 0.5) is 0 Å². The lowest BCUT2D eigenvalue weighted by Crippen LogP contribution is -2.46. The lowest BCUT2D eigenvalue weighted by Gasteiger charge is -2.15. The fraction of sp³-hybridized carbons (Fsp3) is 0.381. The van der Waals surface area contributed by atoms with Gasteiger partial charge in [-0.3, -0.25) is 4.79 Å². The highest BCUT2D eigenvalue weighted by molar-refractivity contribution is 6.00. The molecule has 7 nitrogen and oxygen atoms in total. The van der Waals surface area contributed by atoms with Gasteiger partial charge in [0.15, 0.2) is 0 Å². The van der Waals surface area contributed by atoms with Gasteiger partial charge < -0.3 is 24.1 Å². The van der Waals surface area contributed by atoms with E-state index < -0.39 is 23.5 Å². The standard InChI is InChI=1S/C21H23NO6/c1-9-13(5)27-18-11(3)19-16(8-15(9)18)10(2)14(21(26)28-19)6-7-17(23)22-12(4)20(24)25/h8,12H,6-7H2,1-5H3,(H,22,23)(H,24,25)/p-1/t12-/m0/s1. The van der Waals surface area contributed by atoms with Crippen LogP contribution in [0.1, 0.15) is 41.4 Å². The predicted octanol–water partition coefficient (Wildman–Crippen LogP) is 1.96. The van der Waals surface area contributed by atoms with Gasteiger partial charge in [0, 0.05) is 28.3 Å². The number of nitrogens with one attached hydrogen (secondary N) is 1. The molecule has 0 spiro atoms. The number of carboxylic acids is 1. The second kappa shape index (κ2) is 7.14. The van der Waals surface area contributed by atoms with Crippen LogP contribution in [0.25, 0.3) is 21.9 Å². The maximum atomic E-state index is 12.5. The van der Waals surface area contributed by atoms with Gasteiger partial charge in [0.25, 0.3) is 0 Å². The molecular weight excluding hydrogens is 362 g/mol. The summed E-state index contributed by atoms with van der Waals surface area (Å²) >= 11 is 0. The van der Waals surface area contributed by atoms with Gasteiger partial charge in [-0.25, -0.2) is 4.79 Å². The molecule has 0 radical (unpaired) electrons. The van der Waals surface area contributed by atoms with Crippen molar-refractivity contribution >= 4 is 33.8 Å². The molecule has 1 aromatic carbocycles. The van der Waals surface area contributed by atoms with E-state index in [0.717, 1.165) is 33.2 Å². The summed E-state index contributed by atoms with van der Waals surface area (Å²) in [5.74, 6) is -1.02. The number of rotatable bonds is 5. The van der Waals surface area contributed by atoms with E-state index in [9.17, 15) is 19.5 Å². The monoisotopic (exact) mass is 384 g/mol. The number of hydrogen-bond acceptors (Lipinski definition) is 6. The van der Waals surface area contributed by atoms with E-state index in [4.69, 9.17) is 8.83 Å². The van der Waals surface area contributed by atoms with E-state index in [1.54, 1.807) is 0 Å². The molecule has 1 atom stereocenters. The van der Waals surface area contributed by atoms with Gasteiger partial charge in [-0.05, 0) is 58.2 Å². The first-order valence-electron chi connectivity index (χ1n) is 9.07. The van der Waals surface area contributed by atoms with Crippen molar-refractivity contribution in [2.45, 2.75) is 53.5 Å². The molecule has 0 aliphatic heterocycles. The highest BCUT2D eigenvalue weighted by Gasteiger charge is 2.19. The second-order valence-electron chi connectivity index (χ2n) is 7.14.